The highest BCUT2D eigenvalue weighted by Gasteiger charge is 2.30. The van der Waals surface area contributed by atoms with Gasteiger partial charge in [0.15, 0.2) is 5.65 Å². The van der Waals surface area contributed by atoms with E-state index in [2.05, 4.69) is 72.1 Å². The van der Waals surface area contributed by atoms with Crippen LogP contribution in [0.3, 0.4) is 0 Å². The fraction of sp³-hybridized carbons (Fsp3) is 0.516. The van der Waals surface area contributed by atoms with Crippen LogP contribution in [0.25, 0.3) is 27.8 Å². The van der Waals surface area contributed by atoms with Crippen LogP contribution >= 0.6 is 0 Å². The van der Waals surface area contributed by atoms with Crippen LogP contribution in [0.5, 0.6) is 0 Å². The molecule has 0 bridgehead atoms. The van der Waals surface area contributed by atoms with Crippen LogP contribution in [0, 0.1) is 13.8 Å². The fourth-order valence-corrected chi connectivity index (χ4v) is 6.80. The van der Waals surface area contributed by atoms with Crippen molar-refractivity contribution in [2.24, 2.45) is 0 Å². The van der Waals surface area contributed by atoms with E-state index >= 15 is 0 Å². The second-order valence-corrected chi connectivity index (χ2v) is 11.8. The zero-order valence-corrected chi connectivity index (χ0v) is 23.6. The molecule has 39 heavy (non-hydrogen) atoms. The first-order valence-electron chi connectivity index (χ1n) is 14.4. The summed E-state index contributed by atoms with van der Waals surface area (Å²) in [5.41, 5.74) is 9.47. The number of aliphatic hydroxyl groups is 1. The van der Waals surface area contributed by atoms with Crippen molar-refractivity contribution in [2.45, 2.75) is 71.3 Å². The zero-order chi connectivity index (χ0) is 27.3. The van der Waals surface area contributed by atoms with Crippen molar-refractivity contribution in [3.63, 3.8) is 0 Å². The van der Waals surface area contributed by atoms with E-state index < -0.39 is 0 Å². The predicted molar refractivity (Wildman–Crippen MR) is 154 cm³/mol. The molecule has 1 amide bonds. The third-order valence-corrected chi connectivity index (χ3v) is 9.20. The molecule has 2 N–H and O–H groups in total. The number of carbonyl (C=O) groups excluding carboxylic acids is 1. The number of pyridine rings is 1. The van der Waals surface area contributed by atoms with E-state index in [9.17, 15) is 9.90 Å². The van der Waals surface area contributed by atoms with E-state index in [4.69, 9.17) is 0 Å². The van der Waals surface area contributed by atoms with E-state index in [1.165, 1.54) is 33.3 Å². The number of amides is 1. The Morgan fingerprint density at radius 3 is 2.67 bits per heavy atom. The summed E-state index contributed by atoms with van der Waals surface area (Å²) >= 11 is 0. The minimum Gasteiger partial charge on any atom is -0.395 e. The Kier molecular flexibility index (Phi) is 6.93. The van der Waals surface area contributed by atoms with Gasteiger partial charge in [0.1, 0.15) is 6.33 Å². The van der Waals surface area contributed by atoms with Gasteiger partial charge in [0.25, 0.3) is 0 Å². The van der Waals surface area contributed by atoms with Crippen molar-refractivity contribution in [2.75, 3.05) is 32.8 Å². The number of hydrogen-bond acceptors (Lipinski definition) is 5. The molecule has 2 saturated heterocycles. The predicted octanol–water partition coefficient (Wildman–Crippen LogP) is 4.78. The highest BCUT2D eigenvalue weighted by atomic mass is 16.3. The van der Waals surface area contributed by atoms with E-state index in [-0.39, 0.29) is 18.6 Å². The largest absolute Gasteiger partial charge is 0.395 e. The second kappa shape index (κ2) is 10.4. The molecule has 2 aliphatic rings. The topological polar surface area (TPSA) is 89.8 Å². The molecule has 8 nitrogen and oxygen atoms in total. The molecule has 2 fully saturated rings. The monoisotopic (exact) mass is 528 g/mol. The molecular formula is C31H40N6O2. The van der Waals surface area contributed by atoms with Gasteiger partial charge in [-0.2, -0.15) is 5.10 Å². The van der Waals surface area contributed by atoms with E-state index in [1.807, 2.05) is 9.42 Å². The summed E-state index contributed by atoms with van der Waals surface area (Å²) in [6.07, 6.45) is 7.73. The molecule has 206 valence electrons. The Hall–Kier alpha value is -3.23. The maximum Gasteiger partial charge on any atom is 0.236 e. The van der Waals surface area contributed by atoms with Gasteiger partial charge in [-0.1, -0.05) is 19.9 Å². The molecule has 2 aliphatic heterocycles. The van der Waals surface area contributed by atoms with Crippen LogP contribution in [-0.2, 0) is 4.79 Å². The summed E-state index contributed by atoms with van der Waals surface area (Å²) in [5.74, 6) is 1.00. The third kappa shape index (κ3) is 4.63. The standard InChI is InChI=1S/C31H40N6O2/c1-19(2)29-25-14-23(22-9-12-35(13-10-22)28(39)16-36-11-5-6-24(36)17-38)7-8-27(25)34-30(29)26-15-37-31(32-18-33-37)21(4)20(26)3/h7-8,14-15,18-19,22,24,34,38H,5-6,9-13,16-17H2,1-4H3. The lowest BCUT2D eigenvalue weighted by Gasteiger charge is -2.34. The molecule has 8 heteroatoms. The van der Waals surface area contributed by atoms with Gasteiger partial charge >= 0.3 is 0 Å². The van der Waals surface area contributed by atoms with Gasteiger partial charge in [-0.3, -0.25) is 9.69 Å². The van der Waals surface area contributed by atoms with E-state index in [1.54, 1.807) is 6.33 Å². The maximum absolute atomic E-state index is 13.0. The molecule has 1 aromatic carbocycles. The third-order valence-electron chi connectivity index (χ3n) is 9.20. The van der Waals surface area contributed by atoms with Crippen molar-refractivity contribution < 1.29 is 9.90 Å². The molecule has 0 radical (unpaired) electrons. The summed E-state index contributed by atoms with van der Waals surface area (Å²) in [4.78, 5) is 25.4. The molecule has 0 spiro atoms. The van der Waals surface area contributed by atoms with E-state index in [0.717, 1.165) is 62.0 Å². The number of nitrogens with one attached hydrogen (secondary N) is 1. The number of fused-ring (bicyclic) bond motifs is 2. The summed E-state index contributed by atoms with van der Waals surface area (Å²) in [6.45, 7) is 11.9. The average molecular weight is 529 g/mol. The summed E-state index contributed by atoms with van der Waals surface area (Å²) in [5, 5.41) is 15.3. The molecule has 0 aliphatic carbocycles. The number of nitrogens with zero attached hydrogens (tertiary/aromatic N) is 5. The fourth-order valence-electron chi connectivity index (χ4n) is 6.80. The summed E-state index contributed by atoms with van der Waals surface area (Å²) in [6, 6.07) is 7.03. The van der Waals surface area contributed by atoms with Gasteiger partial charge in [0, 0.05) is 41.8 Å². The Morgan fingerprint density at radius 2 is 1.92 bits per heavy atom. The average Bonchev–Trinajstić information content (AvgIpc) is 3.68. The van der Waals surface area contributed by atoms with Gasteiger partial charge in [0.05, 0.1) is 18.8 Å². The lowest BCUT2D eigenvalue weighted by molar-refractivity contribution is -0.133. The number of rotatable bonds is 6. The molecule has 3 aromatic heterocycles. The van der Waals surface area contributed by atoms with Crippen molar-refractivity contribution in [1.82, 2.24) is 29.4 Å². The number of H-pyrrole nitrogens is 1. The number of hydrogen-bond donors (Lipinski definition) is 2. The molecule has 1 unspecified atom stereocenters. The van der Waals surface area contributed by atoms with Crippen molar-refractivity contribution in [3.8, 4) is 11.3 Å². The van der Waals surface area contributed by atoms with Gasteiger partial charge < -0.3 is 15.0 Å². The highest BCUT2D eigenvalue weighted by Crippen LogP contribution is 2.40. The maximum atomic E-state index is 13.0. The Labute approximate surface area is 230 Å². The molecule has 4 aromatic rings. The van der Waals surface area contributed by atoms with Gasteiger partial charge in [-0.25, -0.2) is 9.50 Å². The smallest absolute Gasteiger partial charge is 0.236 e. The Bertz CT molecular complexity index is 1510. The number of piperidine rings is 1. The second-order valence-electron chi connectivity index (χ2n) is 11.8. The Morgan fingerprint density at radius 1 is 1.13 bits per heavy atom. The minimum absolute atomic E-state index is 0.144. The van der Waals surface area contributed by atoms with Gasteiger partial charge in [-0.15, -0.1) is 0 Å². The van der Waals surface area contributed by atoms with Gasteiger partial charge in [0.2, 0.25) is 5.91 Å². The van der Waals surface area contributed by atoms with Crippen LogP contribution in [0.4, 0.5) is 0 Å². The van der Waals surface area contributed by atoms with E-state index in [0.29, 0.717) is 18.4 Å². The highest BCUT2D eigenvalue weighted by molar-refractivity contribution is 5.92. The Balaban J connectivity index is 1.24. The summed E-state index contributed by atoms with van der Waals surface area (Å²) < 4.78 is 1.88. The van der Waals surface area contributed by atoms with Gasteiger partial charge in [-0.05, 0) is 92.3 Å². The summed E-state index contributed by atoms with van der Waals surface area (Å²) in [7, 11) is 0. The quantitative estimate of drug-likeness (QED) is 0.376. The van der Waals surface area contributed by atoms with Crippen LogP contribution in [0.2, 0.25) is 0 Å². The van der Waals surface area contributed by atoms with Crippen molar-refractivity contribution in [3.05, 3.63) is 53.0 Å². The molecule has 6 rings (SSSR count). The molecule has 0 saturated carbocycles. The number of benzene rings is 1. The first-order chi connectivity index (χ1) is 18.9. The lowest BCUT2D eigenvalue weighted by Crippen LogP contribution is -2.45. The van der Waals surface area contributed by atoms with Crippen LogP contribution in [0.15, 0.2) is 30.7 Å². The number of aryl methyl sites for hydroxylation is 1. The molecular weight excluding hydrogens is 488 g/mol. The minimum atomic E-state index is 0.144. The van der Waals surface area contributed by atoms with Crippen molar-refractivity contribution >= 4 is 22.5 Å². The number of aromatic nitrogens is 4. The van der Waals surface area contributed by atoms with Crippen LogP contribution < -0.4 is 0 Å². The first-order valence-corrected chi connectivity index (χ1v) is 14.4. The SMILES string of the molecule is Cc1c(-c2[nH]c3ccc(C4CCN(C(=O)CN5CCCC5CO)CC4)cc3c2C(C)C)cn2ncnc2c1C. The normalized spacial score (nSPS) is 19.2. The van der Waals surface area contributed by atoms with Crippen LogP contribution in [0.1, 0.15) is 73.6 Å². The zero-order valence-electron chi connectivity index (χ0n) is 23.6. The number of likely N-dealkylation sites (tertiary alicyclic amines) is 2. The molecule has 1 atom stereocenters. The van der Waals surface area contributed by atoms with Crippen LogP contribution in [-0.4, -0.2) is 79.2 Å². The van der Waals surface area contributed by atoms with Crippen molar-refractivity contribution in [1.29, 1.82) is 0 Å². The number of carbonyl (C=O) groups is 1. The first kappa shape index (κ1) is 26.0. The lowest BCUT2D eigenvalue weighted by atomic mass is 9.87. The number of aliphatic hydroxyl groups excluding tert-OH is 1. The molecule has 5 heterocycles. The number of aromatic amines is 1.